The van der Waals surface area contributed by atoms with Crippen LogP contribution in [-0.2, 0) is 27.7 Å². The number of amides is 1. The van der Waals surface area contributed by atoms with Gasteiger partial charge in [0.2, 0.25) is 15.9 Å². The summed E-state index contributed by atoms with van der Waals surface area (Å²) in [6, 6.07) is 7.08. The second-order valence-electron chi connectivity index (χ2n) is 7.41. The minimum Gasteiger partial charge on any atom is -0.302 e. The molecule has 0 spiro atoms. The van der Waals surface area contributed by atoms with E-state index in [1.54, 1.807) is 23.5 Å². The quantitative estimate of drug-likeness (QED) is 0.700. The Morgan fingerprint density at radius 3 is 2.66 bits per heavy atom. The molecule has 1 fully saturated rings. The molecule has 0 bridgehead atoms. The van der Waals surface area contributed by atoms with Crippen LogP contribution in [0.4, 0.5) is 5.13 Å². The van der Waals surface area contributed by atoms with Crippen molar-refractivity contribution in [2.24, 2.45) is 5.92 Å². The molecule has 29 heavy (non-hydrogen) atoms. The van der Waals surface area contributed by atoms with E-state index in [0.717, 1.165) is 29.9 Å². The fraction of sp³-hybridized carbons (Fsp3) is 0.500. The van der Waals surface area contributed by atoms with Crippen molar-refractivity contribution in [2.45, 2.75) is 48.3 Å². The fourth-order valence-corrected chi connectivity index (χ4v) is 7.59. The second kappa shape index (κ2) is 8.75. The third kappa shape index (κ3) is 4.38. The molecule has 0 unspecified atom stereocenters. The Bertz CT molecular complexity index is 972. The van der Waals surface area contributed by atoms with Crippen molar-refractivity contribution >= 4 is 44.2 Å². The molecule has 1 aromatic carbocycles. The lowest BCUT2D eigenvalue weighted by molar-refractivity contribution is -0.120. The zero-order valence-electron chi connectivity index (χ0n) is 16.4. The predicted octanol–water partition coefficient (Wildman–Crippen LogP) is 3.78. The SMILES string of the molecule is CSc1ccccc1S(=O)(=O)N1CCC(C(=O)Nc2nc3c(s2)CCCC3)CC1. The van der Waals surface area contributed by atoms with Gasteiger partial charge in [0, 0.05) is 28.8 Å². The number of rotatable bonds is 5. The van der Waals surface area contributed by atoms with E-state index in [4.69, 9.17) is 0 Å². The molecule has 9 heteroatoms. The first-order chi connectivity index (χ1) is 14.0. The highest BCUT2D eigenvalue weighted by Crippen LogP contribution is 2.32. The van der Waals surface area contributed by atoms with Gasteiger partial charge in [0.15, 0.2) is 5.13 Å². The summed E-state index contributed by atoms with van der Waals surface area (Å²) in [5.41, 5.74) is 1.13. The number of carbonyl (C=O) groups excluding carboxylic acids is 1. The van der Waals surface area contributed by atoms with Crippen LogP contribution in [-0.4, -0.2) is 43.0 Å². The standard InChI is InChI=1S/C20H25N3O3S3/c1-27-17-8-4-5-9-18(17)29(25,26)23-12-10-14(11-13-23)19(24)22-20-21-15-6-2-3-7-16(15)28-20/h4-5,8-9,14H,2-3,6-7,10-13H2,1H3,(H,21,22,24). The Labute approximate surface area is 180 Å². The van der Waals surface area contributed by atoms with Crippen molar-refractivity contribution in [2.75, 3.05) is 24.7 Å². The normalized spacial score (nSPS) is 18.4. The van der Waals surface area contributed by atoms with Crippen molar-refractivity contribution in [3.63, 3.8) is 0 Å². The molecule has 0 saturated carbocycles. The van der Waals surface area contributed by atoms with Crippen molar-refractivity contribution in [1.82, 2.24) is 9.29 Å². The van der Waals surface area contributed by atoms with E-state index in [2.05, 4.69) is 10.3 Å². The summed E-state index contributed by atoms with van der Waals surface area (Å²) < 4.78 is 27.6. The average molecular weight is 452 g/mol. The van der Waals surface area contributed by atoms with E-state index in [1.165, 1.54) is 27.4 Å². The first kappa shape index (κ1) is 20.8. The summed E-state index contributed by atoms with van der Waals surface area (Å²) in [4.78, 5) is 19.7. The van der Waals surface area contributed by atoms with E-state index in [0.29, 0.717) is 36.0 Å². The van der Waals surface area contributed by atoms with Gasteiger partial charge in [-0.2, -0.15) is 4.31 Å². The van der Waals surface area contributed by atoms with Crippen LogP contribution >= 0.6 is 23.1 Å². The number of aromatic nitrogens is 1. The number of hydrogen-bond acceptors (Lipinski definition) is 6. The molecule has 1 saturated heterocycles. The van der Waals surface area contributed by atoms with E-state index >= 15 is 0 Å². The van der Waals surface area contributed by atoms with Crippen LogP contribution in [0.1, 0.15) is 36.3 Å². The van der Waals surface area contributed by atoms with Gasteiger partial charge < -0.3 is 5.32 Å². The van der Waals surface area contributed by atoms with Gasteiger partial charge in [-0.25, -0.2) is 13.4 Å². The van der Waals surface area contributed by atoms with Crippen LogP contribution in [0, 0.1) is 5.92 Å². The van der Waals surface area contributed by atoms with Gasteiger partial charge in [-0.15, -0.1) is 23.1 Å². The van der Waals surface area contributed by atoms with Gasteiger partial charge in [-0.1, -0.05) is 12.1 Å². The maximum absolute atomic E-state index is 13.1. The number of thioether (sulfide) groups is 1. The minimum atomic E-state index is -3.54. The molecule has 4 rings (SSSR count). The molecule has 1 aliphatic heterocycles. The zero-order chi connectivity index (χ0) is 20.4. The molecule has 0 radical (unpaired) electrons. The van der Waals surface area contributed by atoms with Gasteiger partial charge in [0.05, 0.1) is 10.6 Å². The Morgan fingerprint density at radius 2 is 1.93 bits per heavy atom. The number of sulfonamides is 1. The maximum Gasteiger partial charge on any atom is 0.244 e. The van der Waals surface area contributed by atoms with Crippen LogP contribution < -0.4 is 5.32 Å². The van der Waals surface area contributed by atoms with Gasteiger partial charge in [-0.3, -0.25) is 4.79 Å². The van der Waals surface area contributed by atoms with Crippen molar-refractivity contribution < 1.29 is 13.2 Å². The first-order valence-electron chi connectivity index (χ1n) is 9.91. The van der Waals surface area contributed by atoms with Crippen LogP contribution in [0.15, 0.2) is 34.1 Å². The molecular formula is C20H25N3O3S3. The number of thiazole rings is 1. The Morgan fingerprint density at radius 1 is 1.21 bits per heavy atom. The summed E-state index contributed by atoms with van der Waals surface area (Å²) in [5, 5.41) is 3.66. The summed E-state index contributed by atoms with van der Waals surface area (Å²) in [6.07, 6.45) is 7.33. The number of carbonyl (C=O) groups is 1. The predicted molar refractivity (Wildman–Crippen MR) is 117 cm³/mol. The van der Waals surface area contributed by atoms with Crippen LogP contribution in [0.25, 0.3) is 0 Å². The average Bonchev–Trinajstić information content (AvgIpc) is 3.16. The van der Waals surface area contributed by atoms with E-state index in [1.807, 2.05) is 18.4 Å². The Balaban J connectivity index is 1.38. The van der Waals surface area contributed by atoms with Crippen molar-refractivity contribution in [3.05, 3.63) is 34.8 Å². The van der Waals surface area contributed by atoms with Crippen LogP contribution in [0.5, 0.6) is 0 Å². The highest BCUT2D eigenvalue weighted by molar-refractivity contribution is 7.99. The van der Waals surface area contributed by atoms with Gasteiger partial charge in [0.1, 0.15) is 0 Å². The number of anilines is 1. The lowest BCUT2D eigenvalue weighted by atomic mass is 9.97. The molecule has 2 aliphatic rings. The van der Waals surface area contributed by atoms with E-state index in [-0.39, 0.29) is 11.8 Å². The van der Waals surface area contributed by atoms with Gasteiger partial charge in [0.25, 0.3) is 0 Å². The lowest BCUT2D eigenvalue weighted by Gasteiger charge is -2.30. The minimum absolute atomic E-state index is 0.0438. The number of nitrogens with one attached hydrogen (secondary N) is 1. The third-order valence-corrected chi connectivity index (χ3v) is 9.54. The van der Waals surface area contributed by atoms with Crippen molar-refractivity contribution in [1.29, 1.82) is 0 Å². The lowest BCUT2D eigenvalue weighted by Crippen LogP contribution is -2.41. The monoisotopic (exact) mass is 451 g/mol. The molecule has 1 amide bonds. The smallest absolute Gasteiger partial charge is 0.244 e. The second-order valence-corrected chi connectivity index (χ2v) is 11.3. The molecule has 2 heterocycles. The molecule has 156 valence electrons. The molecule has 1 N–H and O–H groups in total. The summed E-state index contributed by atoms with van der Waals surface area (Å²) in [7, 11) is -3.54. The van der Waals surface area contributed by atoms with E-state index in [9.17, 15) is 13.2 Å². The topological polar surface area (TPSA) is 79.4 Å². The highest BCUT2D eigenvalue weighted by atomic mass is 32.2. The Kier molecular flexibility index (Phi) is 6.29. The third-order valence-electron chi connectivity index (χ3n) is 5.59. The highest BCUT2D eigenvalue weighted by Gasteiger charge is 2.33. The molecular weight excluding hydrogens is 426 g/mol. The molecule has 1 aromatic heterocycles. The Hall–Kier alpha value is -1.42. The molecule has 0 atom stereocenters. The van der Waals surface area contributed by atoms with Crippen LogP contribution in [0.3, 0.4) is 0 Å². The first-order valence-corrected chi connectivity index (χ1v) is 13.4. The number of hydrogen-bond donors (Lipinski definition) is 1. The zero-order valence-corrected chi connectivity index (χ0v) is 18.8. The maximum atomic E-state index is 13.1. The summed E-state index contributed by atoms with van der Waals surface area (Å²) in [6.45, 7) is 0.717. The number of nitrogens with zero attached hydrogens (tertiary/aromatic N) is 2. The number of fused-ring (bicyclic) bond motifs is 1. The van der Waals surface area contributed by atoms with E-state index < -0.39 is 10.0 Å². The number of aryl methyl sites for hydroxylation is 2. The molecule has 6 nitrogen and oxygen atoms in total. The fourth-order valence-electron chi connectivity index (χ4n) is 3.94. The number of benzene rings is 1. The van der Waals surface area contributed by atoms with Gasteiger partial charge in [-0.05, 0) is 56.9 Å². The van der Waals surface area contributed by atoms with Crippen LogP contribution in [0.2, 0.25) is 0 Å². The molecule has 1 aliphatic carbocycles. The number of piperidine rings is 1. The summed E-state index contributed by atoms with van der Waals surface area (Å²) >= 11 is 3.01. The van der Waals surface area contributed by atoms with Gasteiger partial charge >= 0.3 is 0 Å². The summed E-state index contributed by atoms with van der Waals surface area (Å²) in [5.74, 6) is -0.226. The largest absolute Gasteiger partial charge is 0.302 e. The van der Waals surface area contributed by atoms with Crippen molar-refractivity contribution in [3.8, 4) is 0 Å². The molecule has 2 aromatic rings.